The van der Waals surface area contributed by atoms with Gasteiger partial charge in [0, 0.05) is 28.4 Å². The summed E-state index contributed by atoms with van der Waals surface area (Å²) in [5.41, 5.74) is 3.98. The molecule has 1 heterocycles. The molecule has 0 bridgehead atoms. The second kappa shape index (κ2) is 6.32. The van der Waals surface area contributed by atoms with Crippen LogP contribution < -0.4 is 5.32 Å². The highest BCUT2D eigenvalue weighted by molar-refractivity contribution is 6.07. The summed E-state index contributed by atoms with van der Waals surface area (Å²) in [5.74, 6) is 0.162. The number of carbonyl (C=O) groups excluding carboxylic acids is 1. The summed E-state index contributed by atoms with van der Waals surface area (Å²) in [6.45, 7) is 0.405. The number of aromatic nitrogens is 1. The van der Waals surface area contributed by atoms with E-state index < -0.39 is 0 Å². The van der Waals surface area contributed by atoms with Crippen molar-refractivity contribution >= 4 is 27.7 Å². The molecule has 4 nitrogen and oxygen atoms in total. The molecule has 0 aliphatic heterocycles. The van der Waals surface area contributed by atoms with Crippen LogP contribution in [0, 0.1) is 0 Å². The van der Waals surface area contributed by atoms with E-state index >= 15 is 0 Å². The van der Waals surface area contributed by atoms with Crippen LogP contribution in [0.5, 0.6) is 5.75 Å². The first-order chi connectivity index (χ1) is 12.2. The van der Waals surface area contributed by atoms with E-state index in [4.69, 9.17) is 0 Å². The van der Waals surface area contributed by atoms with Gasteiger partial charge in [-0.05, 0) is 35.4 Å². The Morgan fingerprint density at radius 1 is 0.880 bits per heavy atom. The minimum atomic E-state index is -0.0428. The summed E-state index contributed by atoms with van der Waals surface area (Å²) >= 11 is 0. The summed E-state index contributed by atoms with van der Waals surface area (Å²) in [7, 11) is 0. The number of amides is 1. The number of fused-ring (bicyclic) bond motifs is 3. The average Bonchev–Trinajstić information content (AvgIpc) is 2.98. The van der Waals surface area contributed by atoms with Crippen molar-refractivity contribution in [2.24, 2.45) is 0 Å². The Hall–Kier alpha value is -3.27. The van der Waals surface area contributed by atoms with E-state index in [9.17, 15) is 9.90 Å². The van der Waals surface area contributed by atoms with Crippen LogP contribution in [0.1, 0.15) is 11.1 Å². The van der Waals surface area contributed by atoms with E-state index in [0.29, 0.717) is 13.0 Å². The van der Waals surface area contributed by atoms with E-state index in [1.807, 2.05) is 30.3 Å². The van der Waals surface area contributed by atoms with Gasteiger partial charge in [0.25, 0.3) is 0 Å². The summed E-state index contributed by atoms with van der Waals surface area (Å²) in [4.78, 5) is 15.6. The van der Waals surface area contributed by atoms with Gasteiger partial charge in [-0.1, -0.05) is 42.5 Å². The zero-order valence-electron chi connectivity index (χ0n) is 13.6. The van der Waals surface area contributed by atoms with E-state index in [-0.39, 0.29) is 11.7 Å². The Morgan fingerprint density at radius 2 is 1.72 bits per heavy atom. The van der Waals surface area contributed by atoms with Crippen LogP contribution in [0.4, 0.5) is 0 Å². The fraction of sp³-hybridized carbons (Fsp3) is 0.0952. The van der Waals surface area contributed by atoms with Gasteiger partial charge in [-0.15, -0.1) is 0 Å². The first-order valence-corrected chi connectivity index (χ1v) is 8.23. The fourth-order valence-electron chi connectivity index (χ4n) is 3.13. The van der Waals surface area contributed by atoms with Gasteiger partial charge < -0.3 is 15.4 Å². The van der Waals surface area contributed by atoms with Crippen LogP contribution >= 0.6 is 0 Å². The van der Waals surface area contributed by atoms with E-state index in [0.717, 1.165) is 22.2 Å². The van der Waals surface area contributed by atoms with Gasteiger partial charge in [0.15, 0.2) is 0 Å². The number of aromatic amines is 1. The molecule has 25 heavy (non-hydrogen) atoms. The minimum absolute atomic E-state index is 0.0428. The predicted molar refractivity (Wildman–Crippen MR) is 99.5 cm³/mol. The lowest BCUT2D eigenvalue weighted by Gasteiger charge is -2.06. The van der Waals surface area contributed by atoms with Crippen LogP contribution in [0.2, 0.25) is 0 Å². The number of rotatable bonds is 4. The van der Waals surface area contributed by atoms with Gasteiger partial charge in [0.05, 0.1) is 6.42 Å². The van der Waals surface area contributed by atoms with Crippen molar-refractivity contribution in [1.29, 1.82) is 0 Å². The monoisotopic (exact) mass is 330 g/mol. The fourth-order valence-corrected chi connectivity index (χ4v) is 3.13. The molecule has 4 rings (SSSR count). The molecule has 0 atom stereocenters. The molecule has 124 valence electrons. The maximum absolute atomic E-state index is 12.2. The highest BCUT2D eigenvalue weighted by Gasteiger charge is 2.07. The maximum Gasteiger partial charge on any atom is 0.224 e. The number of nitrogens with one attached hydrogen (secondary N) is 2. The maximum atomic E-state index is 12.2. The number of H-pyrrole nitrogens is 1. The quantitative estimate of drug-likeness (QED) is 0.531. The van der Waals surface area contributed by atoms with Gasteiger partial charge in [0.2, 0.25) is 5.91 Å². The molecule has 0 saturated heterocycles. The van der Waals surface area contributed by atoms with Crippen molar-refractivity contribution in [2.75, 3.05) is 0 Å². The van der Waals surface area contributed by atoms with Gasteiger partial charge in [0.1, 0.15) is 5.75 Å². The van der Waals surface area contributed by atoms with Crippen molar-refractivity contribution in [3.8, 4) is 5.75 Å². The molecule has 0 radical (unpaired) electrons. The van der Waals surface area contributed by atoms with E-state index in [2.05, 4.69) is 28.5 Å². The molecule has 4 heteroatoms. The highest BCUT2D eigenvalue weighted by atomic mass is 16.3. The minimum Gasteiger partial charge on any atom is -0.508 e. The first-order valence-electron chi connectivity index (χ1n) is 8.23. The topological polar surface area (TPSA) is 65.1 Å². The second-order valence-electron chi connectivity index (χ2n) is 6.17. The third-order valence-electron chi connectivity index (χ3n) is 4.34. The third kappa shape index (κ3) is 3.19. The molecule has 0 fully saturated rings. The normalized spacial score (nSPS) is 11.0. The number of phenolic OH excluding ortho intramolecular Hbond substituents is 1. The van der Waals surface area contributed by atoms with Crippen LogP contribution in [-0.4, -0.2) is 16.0 Å². The molecular weight excluding hydrogens is 312 g/mol. The number of benzene rings is 3. The van der Waals surface area contributed by atoms with Crippen molar-refractivity contribution in [3.63, 3.8) is 0 Å². The number of hydrogen-bond acceptors (Lipinski definition) is 2. The zero-order valence-corrected chi connectivity index (χ0v) is 13.6. The van der Waals surface area contributed by atoms with E-state index in [1.54, 1.807) is 18.2 Å². The Kier molecular flexibility index (Phi) is 3.86. The first kappa shape index (κ1) is 15.3. The summed E-state index contributed by atoms with van der Waals surface area (Å²) in [6, 6.07) is 21.2. The van der Waals surface area contributed by atoms with Crippen LogP contribution in [0.15, 0.2) is 66.7 Å². The Labute approximate surface area is 145 Å². The van der Waals surface area contributed by atoms with Crippen molar-refractivity contribution in [2.45, 2.75) is 13.0 Å². The van der Waals surface area contributed by atoms with E-state index in [1.165, 1.54) is 10.8 Å². The molecular formula is C21H18N2O2. The molecule has 0 saturated carbocycles. The molecule has 1 amide bonds. The molecule has 3 N–H and O–H groups in total. The molecule has 0 aliphatic carbocycles. The van der Waals surface area contributed by atoms with Gasteiger partial charge in [-0.3, -0.25) is 4.79 Å². The van der Waals surface area contributed by atoms with Gasteiger partial charge in [-0.2, -0.15) is 0 Å². The standard InChI is InChI=1S/C21H18N2O2/c24-16-5-3-4-15(10-16)13-22-21(25)12-14-8-9-18-17-6-1-2-7-19(17)23-20(18)11-14/h1-11,23-24H,12-13H2,(H,22,25). The molecule has 3 aromatic carbocycles. The molecule has 0 spiro atoms. The average molecular weight is 330 g/mol. The van der Waals surface area contributed by atoms with Crippen LogP contribution in [0.25, 0.3) is 21.8 Å². The third-order valence-corrected chi connectivity index (χ3v) is 4.34. The summed E-state index contributed by atoms with van der Waals surface area (Å²) < 4.78 is 0. The van der Waals surface area contributed by atoms with Crippen molar-refractivity contribution in [3.05, 3.63) is 77.9 Å². The largest absolute Gasteiger partial charge is 0.508 e. The lowest BCUT2D eigenvalue weighted by Crippen LogP contribution is -2.24. The SMILES string of the molecule is O=C(Cc1ccc2c(c1)[nH]c1ccccc12)NCc1cccc(O)c1. The number of carbonyl (C=O) groups is 1. The van der Waals surface area contributed by atoms with Gasteiger partial charge >= 0.3 is 0 Å². The lowest BCUT2D eigenvalue weighted by molar-refractivity contribution is -0.120. The Morgan fingerprint density at radius 3 is 2.60 bits per heavy atom. The van der Waals surface area contributed by atoms with Crippen molar-refractivity contribution < 1.29 is 9.90 Å². The summed E-state index contributed by atoms with van der Waals surface area (Å²) in [5, 5.41) is 14.7. The van der Waals surface area contributed by atoms with Gasteiger partial charge in [-0.25, -0.2) is 0 Å². The number of para-hydroxylation sites is 1. The number of phenols is 1. The predicted octanol–water partition coefficient (Wildman–Crippen LogP) is 3.89. The highest BCUT2D eigenvalue weighted by Crippen LogP contribution is 2.25. The Bertz CT molecular complexity index is 1070. The number of aromatic hydroxyl groups is 1. The summed E-state index contributed by atoms with van der Waals surface area (Å²) in [6.07, 6.45) is 0.324. The molecule has 0 unspecified atom stereocenters. The van der Waals surface area contributed by atoms with Crippen molar-refractivity contribution in [1.82, 2.24) is 10.3 Å². The second-order valence-corrected chi connectivity index (χ2v) is 6.17. The molecule has 0 aliphatic rings. The van der Waals surface area contributed by atoms with Crippen LogP contribution in [0.3, 0.4) is 0 Å². The lowest BCUT2D eigenvalue weighted by atomic mass is 10.1. The number of hydrogen-bond donors (Lipinski definition) is 3. The Balaban J connectivity index is 1.48. The van der Waals surface area contributed by atoms with Crippen LogP contribution in [-0.2, 0) is 17.8 Å². The zero-order chi connectivity index (χ0) is 17.2. The smallest absolute Gasteiger partial charge is 0.224 e. The molecule has 1 aromatic heterocycles. The molecule has 4 aromatic rings.